The third-order valence-corrected chi connectivity index (χ3v) is 15.0. The molecule has 2 heterocycles. The van der Waals surface area contributed by atoms with E-state index in [1.54, 1.807) is 4.90 Å². The van der Waals surface area contributed by atoms with Gasteiger partial charge in [0.05, 0.1) is 31.5 Å². The van der Waals surface area contributed by atoms with Crippen LogP contribution in [0.3, 0.4) is 0 Å². The number of rotatable bonds is 4. The van der Waals surface area contributed by atoms with Gasteiger partial charge in [-0.15, -0.1) is 0 Å². The van der Waals surface area contributed by atoms with Gasteiger partial charge >= 0.3 is 12.1 Å². The second-order valence-electron chi connectivity index (χ2n) is 16.5. The van der Waals surface area contributed by atoms with Crippen LogP contribution in [0.15, 0.2) is 0 Å². The van der Waals surface area contributed by atoms with Crippen molar-refractivity contribution >= 4 is 12.1 Å². The smallest absolute Gasteiger partial charge is 0.410 e. The summed E-state index contributed by atoms with van der Waals surface area (Å²) in [6, 6.07) is 0. The molecule has 12 atom stereocenters. The molecule has 0 aromatic carbocycles. The highest BCUT2D eigenvalue weighted by Crippen LogP contribution is 2.89. The van der Waals surface area contributed by atoms with E-state index in [4.69, 9.17) is 14.2 Å². The summed E-state index contributed by atoms with van der Waals surface area (Å²) in [5, 5.41) is 21.6. The minimum Gasteiger partial charge on any atom is -0.481 e. The van der Waals surface area contributed by atoms with E-state index in [0.29, 0.717) is 56.4 Å². The van der Waals surface area contributed by atoms with E-state index in [1.807, 2.05) is 0 Å². The molecule has 236 valence electrons. The molecular weight excluding hydrogens is 534 g/mol. The average molecular weight is 588 g/mol. The van der Waals surface area contributed by atoms with Crippen LogP contribution in [0.4, 0.5) is 4.79 Å². The number of aliphatic hydroxyl groups excluding tert-OH is 1. The van der Waals surface area contributed by atoms with E-state index in [-0.39, 0.29) is 57.9 Å². The van der Waals surface area contributed by atoms with E-state index in [0.717, 1.165) is 38.5 Å². The van der Waals surface area contributed by atoms with E-state index >= 15 is 0 Å². The van der Waals surface area contributed by atoms with Crippen molar-refractivity contribution in [3.05, 3.63) is 0 Å². The molecule has 0 radical (unpaired) electrons. The Morgan fingerprint density at radius 1 is 0.976 bits per heavy atom. The molecule has 2 aliphatic heterocycles. The highest BCUT2D eigenvalue weighted by Gasteiger charge is 2.84. The molecule has 0 aromatic heterocycles. The number of amides is 1. The first-order valence-electron chi connectivity index (χ1n) is 16.9. The van der Waals surface area contributed by atoms with Crippen LogP contribution in [-0.4, -0.2) is 77.9 Å². The lowest BCUT2D eigenvalue weighted by atomic mass is 9.41. The first kappa shape index (κ1) is 29.3. The Kier molecular flexibility index (Phi) is 6.68. The summed E-state index contributed by atoms with van der Waals surface area (Å²) in [6.07, 6.45) is 8.29. The van der Waals surface area contributed by atoms with Crippen LogP contribution in [0, 0.1) is 50.7 Å². The summed E-state index contributed by atoms with van der Waals surface area (Å²) >= 11 is 0. The molecule has 1 amide bonds. The fourth-order valence-electron chi connectivity index (χ4n) is 13.0. The van der Waals surface area contributed by atoms with Crippen molar-refractivity contribution in [2.24, 2.45) is 50.7 Å². The second-order valence-corrected chi connectivity index (χ2v) is 16.5. The van der Waals surface area contributed by atoms with Gasteiger partial charge in [-0.2, -0.15) is 0 Å². The number of aliphatic carboxylic acids is 1. The van der Waals surface area contributed by atoms with Gasteiger partial charge in [0.15, 0.2) is 0 Å². The predicted molar refractivity (Wildman–Crippen MR) is 156 cm³/mol. The lowest BCUT2D eigenvalue weighted by Gasteiger charge is -2.63. The summed E-state index contributed by atoms with van der Waals surface area (Å²) in [5.41, 5.74) is 0.209. The molecular formula is C34H53NO7. The van der Waals surface area contributed by atoms with Crippen LogP contribution in [0.1, 0.15) is 98.8 Å². The zero-order valence-electron chi connectivity index (χ0n) is 26.4. The van der Waals surface area contributed by atoms with Gasteiger partial charge in [-0.1, -0.05) is 34.6 Å². The van der Waals surface area contributed by atoms with Crippen LogP contribution >= 0.6 is 0 Å². The number of hydrogen-bond acceptors (Lipinski definition) is 6. The van der Waals surface area contributed by atoms with Gasteiger partial charge in [-0.25, -0.2) is 4.79 Å². The van der Waals surface area contributed by atoms with Crippen LogP contribution < -0.4 is 0 Å². The molecule has 42 heavy (non-hydrogen) atoms. The Bertz CT molecular complexity index is 1120. The van der Waals surface area contributed by atoms with Gasteiger partial charge < -0.3 is 29.3 Å². The Balaban J connectivity index is 1.13. The number of nitrogens with zero attached hydrogens (tertiary/aromatic N) is 1. The minimum atomic E-state index is -0.779. The standard InChI is InChI=1S/C34H53NO7/c1-20-18-21(6-9-25(36)37)41-27-26(20)31(4)12-13-34-19-33(34)11-10-24(42-29(39)35-14-16-40-17-15-35)30(2,3)22(33)7-8-23(34)32(31,5)28(27)38/h20-24,26-28,38H,6-19H2,1-5H3,(H,36,37)/t20-,21?,22+,23?,24?,26?,27?,28+,31?,32?,33?,34?/m1/s1. The summed E-state index contributed by atoms with van der Waals surface area (Å²) in [7, 11) is 0. The lowest BCUT2D eigenvalue weighted by Crippen LogP contribution is -2.60. The first-order chi connectivity index (χ1) is 19.8. The summed E-state index contributed by atoms with van der Waals surface area (Å²) in [5.74, 6) is 0.895. The van der Waals surface area contributed by atoms with Crippen molar-refractivity contribution < 1.29 is 34.0 Å². The number of ether oxygens (including phenoxy) is 3. The number of carboxylic acid groups (broad SMARTS) is 1. The van der Waals surface area contributed by atoms with Crippen LogP contribution in [-0.2, 0) is 19.0 Å². The molecule has 5 saturated carbocycles. The molecule has 2 saturated heterocycles. The van der Waals surface area contributed by atoms with Crippen LogP contribution in [0.5, 0.6) is 0 Å². The Morgan fingerprint density at radius 2 is 1.67 bits per heavy atom. The van der Waals surface area contributed by atoms with Crippen molar-refractivity contribution in [2.45, 2.75) is 123 Å². The van der Waals surface area contributed by atoms with E-state index in [1.165, 1.54) is 12.8 Å². The lowest BCUT2D eigenvalue weighted by molar-refractivity contribution is -0.183. The van der Waals surface area contributed by atoms with Crippen molar-refractivity contribution in [3.63, 3.8) is 0 Å². The quantitative estimate of drug-likeness (QED) is 0.447. The molecule has 0 aromatic rings. The molecule has 0 bridgehead atoms. The van der Waals surface area contributed by atoms with Gasteiger partial charge in [0.1, 0.15) is 6.10 Å². The molecule has 8 nitrogen and oxygen atoms in total. The van der Waals surface area contributed by atoms with Gasteiger partial charge in [-0.05, 0) is 97.7 Å². The molecule has 9 unspecified atom stereocenters. The normalized spacial score (nSPS) is 52.2. The Hall–Kier alpha value is -1.38. The highest BCUT2D eigenvalue weighted by atomic mass is 16.6. The molecule has 7 rings (SSSR count). The van der Waals surface area contributed by atoms with Crippen molar-refractivity contribution in [3.8, 4) is 0 Å². The number of carbonyl (C=O) groups excluding carboxylic acids is 1. The maximum Gasteiger partial charge on any atom is 0.410 e. The SMILES string of the molecule is C[C@@H]1CC(CCC(=O)O)OC2C1C1(C)CCC34CC35CCC(OC(=O)N3CCOCC3)C(C)(C)[C@@H]5CCC4C1(C)[C@H]2O. The number of carbonyl (C=O) groups is 2. The molecule has 7 aliphatic rings. The predicted octanol–water partition coefficient (Wildman–Crippen LogP) is 5.50. The Morgan fingerprint density at radius 3 is 2.38 bits per heavy atom. The van der Waals surface area contributed by atoms with E-state index in [9.17, 15) is 19.8 Å². The highest BCUT2D eigenvalue weighted by molar-refractivity contribution is 5.68. The Labute approximate surface area is 251 Å². The maximum absolute atomic E-state index is 13.1. The summed E-state index contributed by atoms with van der Waals surface area (Å²) in [4.78, 5) is 26.2. The van der Waals surface area contributed by atoms with Gasteiger partial charge in [0.25, 0.3) is 0 Å². The van der Waals surface area contributed by atoms with Gasteiger partial charge in [0.2, 0.25) is 0 Å². The maximum atomic E-state index is 13.1. The minimum absolute atomic E-state index is 0.00120. The molecule has 2 N–H and O–H groups in total. The van der Waals surface area contributed by atoms with Crippen LogP contribution in [0.2, 0.25) is 0 Å². The number of morpholine rings is 1. The number of fused-ring (bicyclic) bond motifs is 4. The third-order valence-electron chi connectivity index (χ3n) is 15.0. The second kappa shape index (κ2) is 9.56. The van der Waals surface area contributed by atoms with Gasteiger partial charge in [0, 0.05) is 30.3 Å². The fourth-order valence-corrected chi connectivity index (χ4v) is 13.0. The van der Waals surface area contributed by atoms with Crippen molar-refractivity contribution in [2.75, 3.05) is 26.3 Å². The van der Waals surface area contributed by atoms with Crippen LogP contribution in [0.25, 0.3) is 0 Å². The zero-order chi connectivity index (χ0) is 29.9. The number of carboxylic acids is 1. The zero-order valence-corrected chi connectivity index (χ0v) is 26.4. The number of aliphatic hydroxyl groups is 1. The molecule has 2 spiro atoms. The number of hydrogen-bond donors (Lipinski definition) is 2. The largest absolute Gasteiger partial charge is 0.481 e. The molecule has 8 heteroatoms. The van der Waals surface area contributed by atoms with Crippen molar-refractivity contribution in [1.82, 2.24) is 4.90 Å². The fraction of sp³-hybridized carbons (Fsp3) is 0.941. The third kappa shape index (κ3) is 3.70. The van der Waals surface area contributed by atoms with Gasteiger partial charge in [-0.3, -0.25) is 4.79 Å². The average Bonchev–Trinajstić information content (AvgIpc) is 3.58. The first-order valence-corrected chi connectivity index (χ1v) is 16.9. The van der Waals surface area contributed by atoms with E-state index < -0.39 is 12.1 Å². The topological polar surface area (TPSA) is 106 Å². The summed E-state index contributed by atoms with van der Waals surface area (Å²) in [6.45, 7) is 14.2. The van der Waals surface area contributed by atoms with E-state index in [2.05, 4.69) is 34.6 Å². The monoisotopic (exact) mass is 587 g/mol. The molecule has 7 fully saturated rings. The van der Waals surface area contributed by atoms with Crippen molar-refractivity contribution in [1.29, 1.82) is 0 Å². The summed E-state index contributed by atoms with van der Waals surface area (Å²) < 4.78 is 18.4. The molecule has 5 aliphatic carbocycles.